The topological polar surface area (TPSA) is 265 Å². The SMILES string of the molecule is NC(=O)CCC(NC(=O)C(CCC(N)=O)NC(=O)C(Cc1cnc[nH]1)NC(=O)C(N)Cc1ccccc1)C(=O)O. The summed E-state index contributed by atoms with van der Waals surface area (Å²) in [5, 5.41) is 16.7. The minimum atomic E-state index is -1.48. The molecular weight excluding hydrogens is 524 g/mol. The van der Waals surface area contributed by atoms with Crippen molar-refractivity contribution in [2.75, 3.05) is 0 Å². The van der Waals surface area contributed by atoms with E-state index in [1.807, 2.05) is 6.07 Å². The summed E-state index contributed by atoms with van der Waals surface area (Å²) >= 11 is 0. The number of carbonyl (C=O) groups is 6. The van der Waals surface area contributed by atoms with E-state index in [1.165, 1.54) is 12.5 Å². The number of carboxylic acid groups (broad SMARTS) is 1. The first-order valence-electron chi connectivity index (χ1n) is 12.4. The Kier molecular flexibility index (Phi) is 12.2. The van der Waals surface area contributed by atoms with E-state index in [9.17, 15) is 33.9 Å². The van der Waals surface area contributed by atoms with Crippen LogP contribution in [0.4, 0.5) is 0 Å². The highest BCUT2D eigenvalue weighted by Crippen LogP contribution is 2.07. The van der Waals surface area contributed by atoms with E-state index in [1.54, 1.807) is 24.3 Å². The van der Waals surface area contributed by atoms with Crippen molar-refractivity contribution in [1.82, 2.24) is 25.9 Å². The Balaban J connectivity index is 2.18. The van der Waals surface area contributed by atoms with Crippen LogP contribution in [0.5, 0.6) is 0 Å². The minimum absolute atomic E-state index is 0.0455. The molecule has 0 aliphatic carbocycles. The van der Waals surface area contributed by atoms with Crippen molar-refractivity contribution in [2.45, 2.75) is 62.7 Å². The lowest BCUT2D eigenvalue weighted by atomic mass is 10.0. The second-order valence-electron chi connectivity index (χ2n) is 9.11. The lowest BCUT2D eigenvalue weighted by Gasteiger charge is -2.25. The Morgan fingerprint density at radius 3 is 1.90 bits per heavy atom. The molecule has 0 radical (unpaired) electrons. The molecule has 2 rings (SSSR count). The number of nitrogens with two attached hydrogens (primary N) is 3. The fraction of sp³-hybridized carbons (Fsp3) is 0.400. The molecule has 4 atom stereocenters. The molecule has 15 nitrogen and oxygen atoms in total. The number of benzene rings is 1. The summed E-state index contributed by atoms with van der Waals surface area (Å²) < 4.78 is 0. The zero-order chi connectivity index (χ0) is 29.7. The van der Waals surface area contributed by atoms with Crippen molar-refractivity contribution in [3.63, 3.8) is 0 Å². The summed E-state index contributed by atoms with van der Waals surface area (Å²) in [5.41, 5.74) is 17.6. The molecule has 15 heteroatoms. The van der Waals surface area contributed by atoms with E-state index < -0.39 is 59.7 Å². The highest BCUT2D eigenvalue weighted by atomic mass is 16.4. The number of rotatable bonds is 17. The van der Waals surface area contributed by atoms with Crippen LogP contribution < -0.4 is 33.2 Å². The van der Waals surface area contributed by atoms with E-state index in [2.05, 4.69) is 25.9 Å². The van der Waals surface area contributed by atoms with Gasteiger partial charge in [0.15, 0.2) is 0 Å². The molecule has 0 aliphatic rings. The van der Waals surface area contributed by atoms with Gasteiger partial charge in [0.05, 0.1) is 12.4 Å². The van der Waals surface area contributed by atoms with Gasteiger partial charge in [-0.25, -0.2) is 9.78 Å². The first-order chi connectivity index (χ1) is 19.0. The number of primary amides is 2. The number of aromatic amines is 1. The van der Waals surface area contributed by atoms with E-state index in [0.717, 1.165) is 5.56 Å². The monoisotopic (exact) mass is 558 g/mol. The molecule has 4 unspecified atom stereocenters. The summed E-state index contributed by atoms with van der Waals surface area (Å²) in [6.07, 6.45) is 1.83. The third-order valence-electron chi connectivity index (χ3n) is 5.85. The molecule has 1 aromatic carbocycles. The first kappa shape index (κ1) is 31.4. The van der Waals surface area contributed by atoms with Gasteiger partial charge in [0.2, 0.25) is 29.5 Å². The molecule has 1 aromatic heterocycles. The van der Waals surface area contributed by atoms with Crippen LogP contribution in [-0.2, 0) is 41.6 Å². The van der Waals surface area contributed by atoms with Gasteiger partial charge >= 0.3 is 5.97 Å². The van der Waals surface area contributed by atoms with Crippen LogP contribution in [0.1, 0.15) is 36.9 Å². The normalized spacial score (nSPS) is 13.7. The van der Waals surface area contributed by atoms with Crippen molar-refractivity contribution in [3.8, 4) is 0 Å². The Hall–Kier alpha value is -4.79. The van der Waals surface area contributed by atoms with Crippen LogP contribution >= 0.6 is 0 Å². The van der Waals surface area contributed by atoms with E-state index in [4.69, 9.17) is 17.2 Å². The predicted octanol–water partition coefficient (Wildman–Crippen LogP) is -2.41. The summed E-state index contributed by atoms with van der Waals surface area (Å²) in [6.45, 7) is 0. The third-order valence-corrected chi connectivity index (χ3v) is 5.85. The summed E-state index contributed by atoms with van der Waals surface area (Å²) in [5.74, 6) is -5.31. The Bertz CT molecular complexity index is 1170. The highest BCUT2D eigenvalue weighted by molar-refractivity contribution is 5.94. The lowest BCUT2D eigenvalue weighted by molar-refractivity contribution is -0.142. The number of aromatic nitrogens is 2. The quantitative estimate of drug-likeness (QED) is 0.103. The largest absolute Gasteiger partial charge is 0.480 e. The van der Waals surface area contributed by atoms with E-state index >= 15 is 0 Å². The lowest BCUT2D eigenvalue weighted by Crippen LogP contribution is -2.58. The third kappa shape index (κ3) is 10.9. The highest BCUT2D eigenvalue weighted by Gasteiger charge is 2.31. The molecule has 0 saturated carbocycles. The number of amides is 5. The average Bonchev–Trinajstić information content (AvgIpc) is 3.41. The first-order valence-corrected chi connectivity index (χ1v) is 12.4. The van der Waals surface area contributed by atoms with Crippen LogP contribution in [0, 0.1) is 0 Å². The van der Waals surface area contributed by atoms with Gasteiger partial charge in [-0.05, 0) is 24.8 Å². The number of hydrogen-bond donors (Lipinski definition) is 8. The number of imidazole rings is 1. The number of nitrogens with zero attached hydrogens (tertiary/aromatic N) is 1. The fourth-order valence-corrected chi connectivity index (χ4v) is 3.71. The fourth-order valence-electron chi connectivity index (χ4n) is 3.71. The number of carbonyl (C=O) groups excluding carboxylic acids is 5. The smallest absolute Gasteiger partial charge is 0.326 e. The summed E-state index contributed by atoms with van der Waals surface area (Å²) in [6, 6.07) is 3.94. The number of hydrogen-bond acceptors (Lipinski definition) is 8. The van der Waals surface area contributed by atoms with Crippen molar-refractivity contribution >= 4 is 35.5 Å². The second kappa shape index (κ2) is 15.6. The van der Waals surface area contributed by atoms with Crippen LogP contribution in [0.3, 0.4) is 0 Å². The maximum atomic E-state index is 13.3. The summed E-state index contributed by atoms with van der Waals surface area (Å²) in [4.78, 5) is 79.9. The standard InChI is InChI=1S/C25H34N8O7/c26-16(10-14-4-2-1-3-5-14)22(36)33-19(11-15-12-29-13-30-15)24(38)31-17(6-8-20(27)34)23(37)32-18(25(39)40)7-9-21(28)35/h1-5,12-13,16-19H,6-11,26H2,(H2,27,34)(H2,28,35)(H,29,30)(H,31,38)(H,32,37)(H,33,36)(H,39,40). The molecule has 0 bridgehead atoms. The van der Waals surface area contributed by atoms with Crippen molar-refractivity contribution in [2.24, 2.45) is 17.2 Å². The minimum Gasteiger partial charge on any atom is -0.480 e. The summed E-state index contributed by atoms with van der Waals surface area (Å²) in [7, 11) is 0. The van der Waals surface area contributed by atoms with Gasteiger partial charge in [-0.15, -0.1) is 0 Å². The van der Waals surface area contributed by atoms with Crippen molar-refractivity contribution in [1.29, 1.82) is 0 Å². The van der Waals surface area contributed by atoms with Crippen molar-refractivity contribution < 1.29 is 33.9 Å². The molecule has 11 N–H and O–H groups in total. The molecule has 216 valence electrons. The van der Waals surface area contributed by atoms with Gasteiger partial charge in [0, 0.05) is 31.2 Å². The maximum Gasteiger partial charge on any atom is 0.326 e. The molecule has 0 saturated heterocycles. The number of aliphatic carboxylic acids is 1. The van der Waals surface area contributed by atoms with Gasteiger partial charge < -0.3 is 43.2 Å². The zero-order valence-electron chi connectivity index (χ0n) is 21.7. The molecule has 0 fully saturated rings. The van der Waals surface area contributed by atoms with Gasteiger partial charge in [0.25, 0.3) is 0 Å². The molecule has 5 amide bonds. The molecule has 0 spiro atoms. The van der Waals surface area contributed by atoms with E-state index in [0.29, 0.717) is 5.69 Å². The Morgan fingerprint density at radius 1 is 0.800 bits per heavy atom. The van der Waals surface area contributed by atoms with Gasteiger partial charge in [-0.2, -0.15) is 0 Å². The van der Waals surface area contributed by atoms with Crippen LogP contribution in [-0.4, -0.2) is 74.7 Å². The molecule has 0 aliphatic heterocycles. The van der Waals surface area contributed by atoms with Gasteiger partial charge in [-0.3, -0.25) is 24.0 Å². The molecule has 2 aromatic rings. The molecular formula is C25H34N8O7. The number of H-pyrrole nitrogens is 1. The second-order valence-corrected chi connectivity index (χ2v) is 9.11. The molecule has 40 heavy (non-hydrogen) atoms. The Labute approximate surface area is 229 Å². The van der Waals surface area contributed by atoms with Crippen molar-refractivity contribution in [3.05, 3.63) is 54.1 Å². The van der Waals surface area contributed by atoms with Crippen LogP contribution in [0.25, 0.3) is 0 Å². The zero-order valence-corrected chi connectivity index (χ0v) is 21.7. The Morgan fingerprint density at radius 2 is 1.35 bits per heavy atom. The maximum absolute atomic E-state index is 13.3. The van der Waals surface area contributed by atoms with Crippen LogP contribution in [0.15, 0.2) is 42.9 Å². The predicted molar refractivity (Wildman–Crippen MR) is 141 cm³/mol. The average molecular weight is 559 g/mol. The van der Waals surface area contributed by atoms with Crippen LogP contribution in [0.2, 0.25) is 0 Å². The number of nitrogens with one attached hydrogen (secondary N) is 4. The molecule has 1 heterocycles. The number of carboxylic acids is 1. The van der Waals surface area contributed by atoms with E-state index in [-0.39, 0.29) is 38.5 Å². The van der Waals surface area contributed by atoms with Gasteiger partial charge in [-0.1, -0.05) is 30.3 Å². The van der Waals surface area contributed by atoms with Gasteiger partial charge in [0.1, 0.15) is 18.1 Å².